The molecule has 0 bridgehead atoms. The van der Waals surface area contributed by atoms with E-state index in [2.05, 4.69) is 175 Å². The van der Waals surface area contributed by atoms with Crippen LogP contribution in [0.15, 0.2) is 176 Å². The van der Waals surface area contributed by atoms with E-state index >= 15 is 0 Å². The second-order valence-corrected chi connectivity index (χ2v) is 15.5. The number of carbonyl (C=O) groups is 1. The summed E-state index contributed by atoms with van der Waals surface area (Å²) in [5, 5.41) is 17.2. The second kappa shape index (κ2) is 13.1. The Morgan fingerprint density at radius 1 is 0.518 bits per heavy atom. The summed E-state index contributed by atoms with van der Waals surface area (Å²) in [4.78, 5) is 16.8. The zero-order valence-corrected chi connectivity index (χ0v) is 31.4. The molecule has 0 saturated heterocycles. The molecule has 0 spiro atoms. The second-order valence-electron chi connectivity index (χ2n) is 15.5. The Morgan fingerprint density at radius 3 is 1.50 bits per heavy atom. The number of anilines is 6. The van der Waals surface area contributed by atoms with Crippen molar-refractivity contribution in [2.75, 3.05) is 9.80 Å². The number of carboxylic acids is 1. The molecule has 4 heteroatoms. The fraction of sp³-hybridized carbons (Fsp3) is 0.0962. The number of rotatable bonds is 8. The minimum absolute atomic E-state index is 0.0488. The number of hydrogen-bond acceptors (Lipinski definition) is 3. The molecule has 0 heterocycles. The van der Waals surface area contributed by atoms with Crippen molar-refractivity contribution >= 4 is 72.4 Å². The van der Waals surface area contributed by atoms with E-state index in [9.17, 15) is 9.90 Å². The van der Waals surface area contributed by atoms with E-state index < -0.39 is 5.97 Å². The van der Waals surface area contributed by atoms with E-state index in [4.69, 9.17) is 0 Å². The minimum Gasteiger partial charge on any atom is -0.478 e. The smallest absolute Gasteiger partial charge is 0.335 e. The number of benzene rings is 9. The fourth-order valence-corrected chi connectivity index (χ4v) is 9.02. The maximum absolute atomic E-state index is 12.0. The summed E-state index contributed by atoms with van der Waals surface area (Å²) in [6.07, 6.45) is 2.03. The fourth-order valence-electron chi connectivity index (χ4n) is 9.02. The van der Waals surface area contributed by atoms with Crippen molar-refractivity contribution in [1.29, 1.82) is 0 Å². The molecule has 0 aliphatic heterocycles. The van der Waals surface area contributed by atoms with Crippen LogP contribution >= 0.6 is 0 Å². The molecule has 0 unspecified atom stereocenters. The lowest BCUT2D eigenvalue weighted by atomic mass is 9.70. The van der Waals surface area contributed by atoms with Crippen LogP contribution in [-0.2, 0) is 11.8 Å². The quantitative estimate of drug-likeness (QED) is 0.158. The van der Waals surface area contributed by atoms with E-state index in [0.29, 0.717) is 0 Å². The predicted molar refractivity (Wildman–Crippen MR) is 233 cm³/mol. The molecule has 10 rings (SSSR count). The van der Waals surface area contributed by atoms with Crippen LogP contribution in [0.3, 0.4) is 0 Å². The number of nitrogens with zero attached hydrogens (tertiary/aromatic N) is 2. The molecule has 0 amide bonds. The third-order valence-corrected chi connectivity index (χ3v) is 11.8. The predicted octanol–water partition coefficient (Wildman–Crippen LogP) is 14.1. The molecule has 270 valence electrons. The summed E-state index contributed by atoms with van der Waals surface area (Å²) in [6.45, 7) is 4.80. The van der Waals surface area contributed by atoms with E-state index in [1.54, 1.807) is 12.1 Å². The first kappa shape index (κ1) is 33.6. The van der Waals surface area contributed by atoms with Crippen LogP contribution in [0.2, 0.25) is 0 Å². The molecule has 0 radical (unpaired) electrons. The van der Waals surface area contributed by atoms with Gasteiger partial charge in [-0.05, 0) is 130 Å². The molecule has 0 aromatic heterocycles. The summed E-state index contributed by atoms with van der Waals surface area (Å²) in [6, 6.07) is 61.8. The molecule has 1 N–H and O–H groups in total. The molecule has 1 aliphatic carbocycles. The summed E-state index contributed by atoms with van der Waals surface area (Å²) in [7, 11) is 0. The van der Waals surface area contributed by atoms with E-state index in [1.807, 2.05) is 12.1 Å². The van der Waals surface area contributed by atoms with Gasteiger partial charge in [0.05, 0.1) is 16.9 Å². The molecule has 9 aromatic carbocycles. The highest BCUT2D eigenvalue weighted by Crippen LogP contribution is 2.54. The van der Waals surface area contributed by atoms with Crippen LogP contribution in [0.5, 0.6) is 0 Å². The van der Waals surface area contributed by atoms with Gasteiger partial charge in [0.15, 0.2) is 0 Å². The lowest BCUT2D eigenvalue weighted by molar-refractivity contribution is 0.0697. The van der Waals surface area contributed by atoms with Gasteiger partial charge in [0, 0.05) is 44.3 Å². The molecule has 0 saturated carbocycles. The SMILES string of the molecule is CC1(C)CCc2cc(N(c3ccccc3)c3ccccc3)c3ccc4c(-c5ccc(C(=O)O)cc5)cc(N(c5ccccc5)c5ccccc5)c5cc1c2c3c45. The Bertz CT molecular complexity index is 2810. The van der Waals surface area contributed by atoms with Crippen molar-refractivity contribution in [2.24, 2.45) is 0 Å². The van der Waals surface area contributed by atoms with Gasteiger partial charge in [-0.2, -0.15) is 0 Å². The first-order valence-corrected chi connectivity index (χ1v) is 19.3. The Hall–Kier alpha value is -6.91. The zero-order chi connectivity index (χ0) is 38.0. The van der Waals surface area contributed by atoms with E-state index in [0.717, 1.165) is 63.5 Å². The lowest BCUT2D eigenvalue weighted by Gasteiger charge is -2.37. The number of aryl methyl sites for hydroxylation is 1. The van der Waals surface area contributed by atoms with Crippen LogP contribution in [0, 0.1) is 0 Å². The van der Waals surface area contributed by atoms with Crippen molar-refractivity contribution in [2.45, 2.75) is 32.1 Å². The maximum atomic E-state index is 12.0. The van der Waals surface area contributed by atoms with Crippen LogP contribution in [0.4, 0.5) is 34.1 Å². The number of aromatic carboxylic acids is 1. The average Bonchev–Trinajstić information content (AvgIpc) is 3.24. The Balaban J connectivity index is 1.39. The lowest BCUT2D eigenvalue weighted by Crippen LogP contribution is -2.24. The van der Waals surface area contributed by atoms with Crippen molar-refractivity contribution in [3.63, 3.8) is 0 Å². The van der Waals surface area contributed by atoms with Crippen molar-refractivity contribution in [1.82, 2.24) is 0 Å². The maximum Gasteiger partial charge on any atom is 0.335 e. The van der Waals surface area contributed by atoms with Crippen molar-refractivity contribution in [3.8, 4) is 11.1 Å². The van der Waals surface area contributed by atoms with Crippen molar-refractivity contribution < 1.29 is 9.90 Å². The van der Waals surface area contributed by atoms with Gasteiger partial charge in [0.25, 0.3) is 0 Å². The topological polar surface area (TPSA) is 43.8 Å². The van der Waals surface area contributed by atoms with Crippen LogP contribution in [-0.4, -0.2) is 11.1 Å². The van der Waals surface area contributed by atoms with Gasteiger partial charge in [-0.15, -0.1) is 0 Å². The Kier molecular flexibility index (Phi) is 7.89. The third kappa shape index (κ3) is 5.40. The molecule has 56 heavy (non-hydrogen) atoms. The number of hydrogen-bond donors (Lipinski definition) is 1. The van der Waals surface area contributed by atoms with Crippen LogP contribution < -0.4 is 9.80 Å². The van der Waals surface area contributed by atoms with Gasteiger partial charge >= 0.3 is 5.97 Å². The van der Waals surface area contributed by atoms with Gasteiger partial charge in [0.1, 0.15) is 0 Å². The van der Waals surface area contributed by atoms with Gasteiger partial charge in [-0.1, -0.05) is 111 Å². The molecule has 0 atom stereocenters. The molecule has 9 aromatic rings. The van der Waals surface area contributed by atoms with Gasteiger partial charge < -0.3 is 14.9 Å². The van der Waals surface area contributed by atoms with E-state index in [1.165, 1.54) is 38.1 Å². The Labute approximate surface area is 326 Å². The number of para-hydroxylation sites is 4. The monoisotopic (exact) mass is 724 g/mol. The zero-order valence-electron chi connectivity index (χ0n) is 31.4. The molecular formula is C52H40N2O2. The van der Waals surface area contributed by atoms with Crippen LogP contribution in [0.1, 0.15) is 41.8 Å². The molecular weight excluding hydrogens is 685 g/mol. The average molecular weight is 725 g/mol. The highest BCUT2D eigenvalue weighted by atomic mass is 16.4. The van der Waals surface area contributed by atoms with Crippen LogP contribution in [0.25, 0.3) is 43.4 Å². The largest absolute Gasteiger partial charge is 0.478 e. The summed E-state index contributed by atoms with van der Waals surface area (Å²) >= 11 is 0. The summed E-state index contributed by atoms with van der Waals surface area (Å²) < 4.78 is 0. The molecule has 1 aliphatic rings. The number of carboxylic acid groups (broad SMARTS) is 1. The highest BCUT2D eigenvalue weighted by molar-refractivity contribution is 6.32. The van der Waals surface area contributed by atoms with E-state index in [-0.39, 0.29) is 11.0 Å². The van der Waals surface area contributed by atoms with Gasteiger partial charge in [0.2, 0.25) is 0 Å². The minimum atomic E-state index is -0.932. The summed E-state index contributed by atoms with van der Waals surface area (Å²) in [5.74, 6) is -0.932. The normalized spacial score (nSPS) is 13.3. The third-order valence-electron chi connectivity index (χ3n) is 11.8. The standard InChI is InChI=1S/C52H40N2O2/c1-52(2)30-29-36-31-46(53(37-15-7-3-8-16-37)38-17-9-4-10-18-38)42-28-27-41-43(34-23-25-35(26-24-34)51(55)56)33-47(44-32-45(52)48(36)50(42)49(41)44)54(39-19-11-5-12-20-39)40-21-13-6-14-22-40/h3-28,31-33H,29-30H2,1-2H3,(H,55,56). The summed E-state index contributed by atoms with van der Waals surface area (Å²) in [5.41, 5.74) is 11.6. The first-order valence-electron chi connectivity index (χ1n) is 19.3. The van der Waals surface area contributed by atoms with Crippen molar-refractivity contribution in [3.05, 3.63) is 193 Å². The molecule has 0 fully saturated rings. The Morgan fingerprint density at radius 2 is 1.00 bits per heavy atom. The molecule has 4 nitrogen and oxygen atoms in total. The highest BCUT2D eigenvalue weighted by Gasteiger charge is 2.33. The van der Waals surface area contributed by atoms with Gasteiger partial charge in [-0.3, -0.25) is 0 Å². The van der Waals surface area contributed by atoms with Gasteiger partial charge in [-0.25, -0.2) is 4.79 Å². The first-order chi connectivity index (χ1) is 27.4.